The second kappa shape index (κ2) is 6.72. The van der Waals surface area contributed by atoms with Crippen LogP contribution in [0.5, 0.6) is 0 Å². The molecule has 0 amide bonds. The molecule has 124 valence electrons. The third kappa shape index (κ3) is 3.19. The van der Waals surface area contributed by atoms with Crippen LogP contribution >= 0.6 is 11.8 Å². The zero-order valence-electron chi connectivity index (χ0n) is 13.4. The Morgan fingerprint density at radius 2 is 2.00 bits per heavy atom. The molecule has 0 N–H and O–H groups in total. The van der Waals surface area contributed by atoms with Crippen molar-refractivity contribution >= 4 is 11.8 Å². The molecule has 3 aromatic rings. The molecule has 24 heavy (non-hydrogen) atoms. The van der Waals surface area contributed by atoms with Gasteiger partial charge in [-0.1, -0.05) is 59.6 Å². The van der Waals surface area contributed by atoms with Gasteiger partial charge in [-0.05, 0) is 30.2 Å². The van der Waals surface area contributed by atoms with Crippen molar-refractivity contribution in [1.29, 1.82) is 0 Å². The molecule has 4 rings (SSSR count). The third-order valence-corrected chi connectivity index (χ3v) is 5.15. The number of hydrogen-bond donors (Lipinski definition) is 0. The molecular weight excluding hydrogens is 324 g/mol. The van der Waals surface area contributed by atoms with Gasteiger partial charge in [-0.25, -0.2) is 4.68 Å². The maximum absolute atomic E-state index is 5.35. The first-order valence-corrected chi connectivity index (χ1v) is 9.08. The lowest BCUT2D eigenvalue weighted by atomic mass is 10.1. The number of benzene rings is 1. The first-order chi connectivity index (χ1) is 11.8. The zero-order valence-corrected chi connectivity index (χ0v) is 14.2. The molecule has 2 heterocycles. The standard InChI is InChI=1S/C16H18N6OS/c1-11-6-8-12(9-7-11)15-17-14(23-19-15)10-24-16-18-20-21-22(16)13-4-2-3-5-13/h6-9,13H,2-5,10H2,1H3. The maximum atomic E-state index is 5.35. The van der Waals surface area contributed by atoms with Gasteiger partial charge < -0.3 is 4.52 Å². The summed E-state index contributed by atoms with van der Waals surface area (Å²) >= 11 is 1.54. The number of aryl methyl sites for hydroxylation is 1. The van der Waals surface area contributed by atoms with Gasteiger partial charge in [0.2, 0.25) is 16.9 Å². The lowest BCUT2D eigenvalue weighted by molar-refractivity contribution is 0.391. The summed E-state index contributed by atoms with van der Waals surface area (Å²) in [6.45, 7) is 2.05. The van der Waals surface area contributed by atoms with Crippen LogP contribution in [-0.4, -0.2) is 30.3 Å². The highest BCUT2D eigenvalue weighted by atomic mass is 32.2. The minimum atomic E-state index is 0.424. The molecule has 0 spiro atoms. The van der Waals surface area contributed by atoms with Gasteiger partial charge in [0.1, 0.15) is 0 Å². The van der Waals surface area contributed by atoms with Crippen molar-refractivity contribution in [3.63, 3.8) is 0 Å². The van der Waals surface area contributed by atoms with E-state index in [2.05, 4.69) is 32.6 Å². The molecule has 0 bridgehead atoms. The first kappa shape index (κ1) is 15.3. The fourth-order valence-corrected chi connectivity index (χ4v) is 3.70. The van der Waals surface area contributed by atoms with E-state index in [1.165, 1.54) is 30.2 Å². The van der Waals surface area contributed by atoms with E-state index in [4.69, 9.17) is 4.52 Å². The molecule has 0 unspecified atom stereocenters. The Balaban J connectivity index is 1.44. The monoisotopic (exact) mass is 342 g/mol. The summed E-state index contributed by atoms with van der Waals surface area (Å²) in [7, 11) is 0. The Bertz CT molecular complexity index is 806. The molecule has 1 fully saturated rings. The van der Waals surface area contributed by atoms with Crippen LogP contribution in [0, 0.1) is 6.92 Å². The van der Waals surface area contributed by atoms with Crippen molar-refractivity contribution in [2.24, 2.45) is 0 Å². The molecule has 2 aromatic heterocycles. The fourth-order valence-electron chi connectivity index (χ4n) is 2.92. The van der Waals surface area contributed by atoms with Crippen molar-refractivity contribution in [1.82, 2.24) is 30.3 Å². The predicted molar refractivity (Wildman–Crippen MR) is 89.4 cm³/mol. The van der Waals surface area contributed by atoms with Crippen LogP contribution in [-0.2, 0) is 5.75 Å². The lowest BCUT2D eigenvalue weighted by Crippen LogP contribution is -2.08. The van der Waals surface area contributed by atoms with E-state index in [1.807, 2.05) is 28.9 Å². The van der Waals surface area contributed by atoms with Crippen molar-refractivity contribution < 1.29 is 4.52 Å². The normalized spacial score (nSPS) is 15.2. The van der Waals surface area contributed by atoms with Crippen molar-refractivity contribution in [3.05, 3.63) is 35.7 Å². The number of nitrogens with zero attached hydrogens (tertiary/aromatic N) is 6. The SMILES string of the molecule is Cc1ccc(-c2noc(CSc3nnnn3C3CCCC3)n2)cc1. The van der Waals surface area contributed by atoms with Gasteiger partial charge in [0.15, 0.2) is 0 Å². The molecule has 1 aromatic carbocycles. The number of aromatic nitrogens is 6. The summed E-state index contributed by atoms with van der Waals surface area (Å²) in [4.78, 5) is 4.46. The summed E-state index contributed by atoms with van der Waals surface area (Å²) in [6.07, 6.45) is 4.80. The molecular formula is C16H18N6OS. The van der Waals surface area contributed by atoms with E-state index in [9.17, 15) is 0 Å². The summed E-state index contributed by atoms with van der Waals surface area (Å²) < 4.78 is 7.29. The Hall–Kier alpha value is -2.22. The summed E-state index contributed by atoms with van der Waals surface area (Å²) in [5, 5.41) is 17.0. The van der Waals surface area contributed by atoms with Crippen LogP contribution in [0.4, 0.5) is 0 Å². The van der Waals surface area contributed by atoms with Gasteiger partial charge in [-0.3, -0.25) is 0 Å². The number of hydrogen-bond acceptors (Lipinski definition) is 7. The van der Waals surface area contributed by atoms with E-state index in [-0.39, 0.29) is 0 Å². The zero-order chi connectivity index (χ0) is 16.4. The van der Waals surface area contributed by atoms with Crippen LogP contribution in [0.15, 0.2) is 33.9 Å². The van der Waals surface area contributed by atoms with Gasteiger partial charge in [0.25, 0.3) is 0 Å². The minimum absolute atomic E-state index is 0.424. The molecule has 0 radical (unpaired) electrons. The van der Waals surface area contributed by atoms with Crippen LogP contribution < -0.4 is 0 Å². The van der Waals surface area contributed by atoms with Gasteiger partial charge in [0.05, 0.1) is 11.8 Å². The fraction of sp³-hybridized carbons (Fsp3) is 0.438. The highest BCUT2D eigenvalue weighted by molar-refractivity contribution is 7.98. The number of rotatable bonds is 5. The second-order valence-corrected chi connectivity index (χ2v) is 6.95. The minimum Gasteiger partial charge on any atom is -0.338 e. The molecule has 8 heteroatoms. The molecule has 1 aliphatic rings. The molecule has 7 nitrogen and oxygen atoms in total. The Morgan fingerprint density at radius 3 is 2.79 bits per heavy atom. The van der Waals surface area contributed by atoms with Crippen molar-refractivity contribution in [3.8, 4) is 11.4 Å². The second-order valence-electron chi connectivity index (χ2n) is 6.01. The van der Waals surface area contributed by atoms with Crippen LogP contribution in [0.3, 0.4) is 0 Å². The van der Waals surface area contributed by atoms with E-state index in [0.29, 0.717) is 23.5 Å². The highest BCUT2D eigenvalue weighted by Gasteiger charge is 2.22. The molecule has 0 atom stereocenters. The summed E-state index contributed by atoms with van der Waals surface area (Å²) in [5.41, 5.74) is 2.16. The van der Waals surface area contributed by atoms with Gasteiger partial charge in [0, 0.05) is 5.56 Å². The third-order valence-electron chi connectivity index (χ3n) is 4.24. The quantitative estimate of drug-likeness (QED) is 0.657. The van der Waals surface area contributed by atoms with Crippen molar-refractivity contribution in [2.75, 3.05) is 0 Å². The molecule has 0 aliphatic heterocycles. The predicted octanol–water partition coefficient (Wildman–Crippen LogP) is 3.44. The van der Waals surface area contributed by atoms with E-state index >= 15 is 0 Å². The molecule has 0 saturated heterocycles. The van der Waals surface area contributed by atoms with Crippen molar-refractivity contribution in [2.45, 2.75) is 49.6 Å². The Kier molecular flexibility index (Phi) is 4.29. The summed E-state index contributed by atoms with van der Waals surface area (Å²) in [5.74, 6) is 1.75. The average Bonchev–Trinajstić information content (AvgIpc) is 3.34. The van der Waals surface area contributed by atoms with E-state index < -0.39 is 0 Å². The van der Waals surface area contributed by atoms with Gasteiger partial charge in [-0.2, -0.15) is 4.98 Å². The topological polar surface area (TPSA) is 82.5 Å². The van der Waals surface area contributed by atoms with E-state index in [0.717, 1.165) is 23.6 Å². The average molecular weight is 342 g/mol. The van der Waals surface area contributed by atoms with Gasteiger partial charge in [-0.15, -0.1) is 5.10 Å². The van der Waals surface area contributed by atoms with Gasteiger partial charge >= 0.3 is 0 Å². The Labute approximate surface area is 143 Å². The first-order valence-electron chi connectivity index (χ1n) is 8.10. The number of thioether (sulfide) groups is 1. The van der Waals surface area contributed by atoms with Crippen LogP contribution in [0.2, 0.25) is 0 Å². The van der Waals surface area contributed by atoms with E-state index in [1.54, 1.807) is 0 Å². The highest BCUT2D eigenvalue weighted by Crippen LogP contribution is 2.32. The lowest BCUT2D eigenvalue weighted by Gasteiger charge is -2.09. The summed E-state index contributed by atoms with van der Waals surface area (Å²) in [6, 6.07) is 8.50. The van der Waals surface area contributed by atoms with Crippen LogP contribution in [0.1, 0.15) is 43.2 Å². The number of tetrazole rings is 1. The largest absolute Gasteiger partial charge is 0.338 e. The molecule has 1 aliphatic carbocycles. The smallest absolute Gasteiger partial charge is 0.237 e. The Morgan fingerprint density at radius 1 is 1.21 bits per heavy atom. The maximum Gasteiger partial charge on any atom is 0.237 e. The molecule has 1 saturated carbocycles. The van der Waals surface area contributed by atoms with Crippen LogP contribution in [0.25, 0.3) is 11.4 Å².